The molecule has 32 heavy (non-hydrogen) atoms. The van der Waals surface area contributed by atoms with E-state index in [1.807, 2.05) is 0 Å². The van der Waals surface area contributed by atoms with Gasteiger partial charge in [0.15, 0.2) is 6.61 Å². The molecule has 2 aromatic rings. The van der Waals surface area contributed by atoms with Gasteiger partial charge in [-0.25, -0.2) is 0 Å². The first-order chi connectivity index (χ1) is 15.5. The molecule has 0 radical (unpaired) electrons. The van der Waals surface area contributed by atoms with Gasteiger partial charge >= 0.3 is 0 Å². The minimum Gasteiger partial charge on any atom is -0.483 e. The number of nitrogens with one attached hydrogen (secondary N) is 2. The van der Waals surface area contributed by atoms with Gasteiger partial charge in [0.05, 0.1) is 24.8 Å². The Labute approximate surface area is 192 Å². The van der Waals surface area contributed by atoms with Crippen LogP contribution in [0.15, 0.2) is 42.5 Å². The van der Waals surface area contributed by atoms with E-state index in [2.05, 4.69) is 21.6 Å². The average molecular weight is 457 g/mol. The number of carbonyl (C=O) groups excluding carboxylic acids is 2. The number of halogens is 1. The lowest BCUT2D eigenvalue weighted by molar-refractivity contribution is -0.123. The second-order valence-electron chi connectivity index (χ2n) is 7.22. The highest BCUT2D eigenvalue weighted by molar-refractivity contribution is 6.30. The third-order valence-electron chi connectivity index (χ3n) is 4.94. The lowest BCUT2D eigenvalue weighted by Gasteiger charge is -2.26. The molecule has 0 bridgehead atoms. The minimum atomic E-state index is -0.288. The summed E-state index contributed by atoms with van der Waals surface area (Å²) in [7, 11) is 0. The molecule has 0 atom stereocenters. The van der Waals surface area contributed by atoms with Gasteiger partial charge in [0, 0.05) is 48.9 Å². The quantitative estimate of drug-likeness (QED) is 0.598. The van der Waals surface area contributed by atoms with Gasteiger partial charge in [0.25, 0.3) is 11.8 Å². The average Bonchev–Trinajstić information content (AvgIpc) is 2.82. The molecule has 8 nitrogen and oxygen atoms in total. The Bertz CT molecular complexity index is 986. The monoisotopic (exact) mass is 456 g/mol. The number of morpholine rings is 1. The highest BCUT2D eigenvalue weighted by atomic mass is 35.5. The van der Waals surface area contributed by atoms with Crippen molar-refractivity contribution in [3.8, 4) is 11.8 Å². The molecule has 0 aliphatic carbocycles. The topological polar surface area (TPSA) is 104 Å². The van der Waals surface area contributed by atoms with Crippen molar-refractivity contribution in [2.24, 2.45) is 0 Å². The van der Waals surface area contributed by atoms with Crippen molar-refractivity contribution in [3.63, 3.8) is 0 Å². The molecule has 2 aromatic carbocycles. The maximum atomic E-state index is 12.4. The maximum absolute atomic E-state index is 12.4. The van der Waals surface area contributed by atoms with E-state index in [1.54, 1.807) is 42.5 Å². The summed E-state index contributed by atoms with van der Waals surface area (Å²) in [6.45, 7) is 4.39. The van der Waals surface area contributed by atoms with Gasteiger partial charge in [0.2, 0.25) is 0 Å². The summed E-state index contributed by atoms with van der Waals surface area (Å²) in [5, 5.41) is 15.3. The van der Waals surface area contributed by atoms with Crippen molar-refractivity contribution in [2.45, 2.75) is 6.54 Å². The lowest BCUT2D eigenvalue weighted by Crippen LogP contribution is -2.42. The van der Waals surface area contributed by atoms with Crippen LogP contribution in [-0.4, -0.2) is 62.7 Å². The van der Waals surface area contributed by atoms with Gasteiger partial charge in [-0.05, 0) is 30.3 Å². The Balaban J connectivity index is 1.52. The number of benzene rings is 2. The molecule has 168 valence electrons. The summed E-state index contributed by atoms with van der Waals surface area (Å²) in [6.07, 6.45) is 0. The Hall–Kier alpha value is -3.12. The van der Waals surface area contributed by atoms with Crippen molar-refractivity contribution < 1.29 is 19.1 Å². The van der Waals surface area contributed by atoms with Crippen LogP contribution in [0.1, 0.15) is 21.5 Å². The molecule has 1 aliphatic rings. The summed E-state index contributed by atoms with van der Waals surface area (Å²) in [5.41, 5.74) is 1.49. The van der Waals surface area contributed by atoms with Crippen LogP contribution in [0.5, 0.6) is 5.75 Å². The number of nitriles is 1. The van der Waals surface area contributed by atoms with Crippen LogP contribution in [-0.2, 0) is 16.1 Å². The Kier molecular flexibility index (Phi) is 8.87. The molecule has 1 fully saturated rings. The number of rotatable bonds is 9. The van der Waals surface area contributed by atoms with Crippen LogP contribution >= 0.6 is 11.6 Å². The fraction of sp³-hybridized carbons (Fsp3) is 0.348. The first-order valence-electron chi connectivity index (χ1n) is 10.3. The highest BCUT2D eigenvalue weighted by Crippen LogP contribution is 2.21. The normalized spacial score (nSPS) is 13.8. The van der Waals surface area contributed by atoms with Crippen molar-refractivity contribution in [1.29, 1.82) is 5.26 Å². The van der Waals surface area contributed by atoms with E-state index in [-0.39, 0.29) is 25.0 Å². The van der Waals surface area contributed by atoms with Crippen LogP contribution in [0.2, 0.25) is 5.02 Å². The lowest BCUT2D eigenvalue weighted by atomic mass is 10.1. The Morgan fingerprint density at radius 3 is 2.72 bits per heavy atom. The van der Waals surface area contributed by atoms with Crippen molar-refractivity contribution >= 4 is 23.4 Å². The predicted molar refractivity (Wildman–Crippen MR) is 120 cm³/mol. The molecular formula is C23H25ClN4O4. The fourth-order valence-corrected chi connectivity index (χ4v) is 3.37. The molecule has 2 amide bonds. The van der Waals surface area contributed by atoms with Crippen LogP contribution in [0.25, 0.3) is 0 Å². The van der Waals surface area contributed by atoms with Crippen LogP contribution < -0.4 is 15.4 Å². The molecule has 0 spiro atoms. The molecule has 1 heterocycles. The van der Waals surface area contributed by atoms with E-state index in [4.69, 9.17) is 21.1 Å². The Morgan fingerprint density at radius 1 is 1.16 bits per heavy atom. The van der Waals surface area contributed by atoms with E-state index in [9.17, 15) is 14.9 Å². The highest BCUT2D eigenvalue weighted by Gasteiger charge is 2.13. The smallest absolute Gasteiger partial charge is 0.257 e. The van der Waals surface area contributed by atoms with Crippen molar-refractivity contribution in [2.75, 3.05) is 46.0 Å². The Morgan fingerprint density at radius 2 is 1.97 bits per heavy atom. The van der Waals surface area contributed by atoms with Crippen LogP contribution in [0.3, 0.4) is 0 Å². The van der Waals surface area contributed by atoms with Gasteiger partial charge < -0.3 is 20.1 Å². The van der Waals surface area contributed by atoms with E-state index < -0.39 is 0 Å². The molecule has 0 saturated carbocycles. The standard InChI is InChI=1S/C23H25ClN4O4/c24-20-3-1-2-18(13-20)23(30)27-15-19-5-4-17(14-25)12-21(19)32-16-22(29)26-6-7-28-8-10-31-11-9-28/h1-5,12-13H,6-11,15-16H2,(H,26,29)(H,27,30). The first-order valence-corrected chi connectivity index (χ1v) is 10.7. The molecule has 0 aromatic heterocycles. The summed E-state index contributed by atoms with van der Waals surface area (Å²) >= 11 is 5.94. The van der Waals surface area contributed by atoms with Gasteiger partial charge in [-0.15, -0.1) is 0 Å². The molecule has 1 saturated heterocycles. The maximum Gasteiger partial charge on any atom is 0.257 e. The summed E-state index contributed by atoms with van der Waals surface area (Å²) in [4.78, 5) is 26.8. The predicted octanol–water partition coefficient (Wildman–Crippen LogP) is 1.97. The van der Waals surface area contributed by atoms with E-state index >= 15 is 0 Å². The number of ether oxygens (including phenoxy) is 2. The molecule has 3 rings (SSSR count). The SMILES string of the molecule is N#Cc1ccc(CNC(=O)c2cccc(Cl)c2)c(OCC(=O)NCCN2CCOCC2)c1. The summed E-state index contributed by atoms with van der Waals surface area (Å²) < 4.78 is 11.0. The third kappa shape index (κ3) is 7.24. The van der Waals surface area contributed by atoms with E-state index in [1.165, 1.54) is 0 Å². The van der Waals surface area contributed by atoms with Gasteiger partial charge in [0.1, 0.15) is 5.75 Å². The molecule has 2 N–H and O–H groups in total. The van der Waals surface area contributed by atoms with Gasteiger partial charge in [-0.2, -0.15) is 5.26 Å². The fourth-order valence-electron chi connectivity index (χ4n) is 3.18. The van der Waals surface area contributed by atoms with Gasteiger partial charge in [-0.1, -0.05) is 23.7 Å². The zero-order chi connectivity index (χ0) is 22.8. The second-order valence-corrected chi connectivity index (χ2v) is 7.66. The molecular weight excluding hydrogens is 432 g/mol. The zero-order valence-electron chi connectivity index (χ0n) is 17.6. The first kappa shape index (κ1) is 23.5. The van der Waals surface area contributed by atoms with E-state index in [0.29, 0.717) is 47.2 Å². The minimum absolute atomic E-state index is 0.172. The van der Waals surface area contributed by atoms with E-state index in [0.717, 1.165) is 19.6 Å². The van der Waals surface area contributed by atoms with Crippen LogP contribution in [0, 0.1) is 11.3 Å². The number of hydrogen-bond acceptors (Lipinski definition) is 6. The molecule has 9 heteroatoms. The number of hydrogen-bond donors (Lipinski definition) is 2. The van der Waals surface area contributed by atoms with Crippen molar-refractivity contribution in [3.05, 3.63) is 64.2 Å². The zero-order valence-corrected chi connectivity index (χ0v) is 18.4. The second kappa shape index (κ2) is 12.1. The number of carbonyl (C=O) groups is 2. The number of amides is 2. The summed E-state index contributed by atoms with van der Waals surface area (Å²) in [6, 6.07) is 13.6. The van der Waals surface area contributed by atoms with Crippen molar-refractivity contribution in [1.82, 2.24) is 15.5 Å². The van der Waals surface area contributed by atoms with Crippen LogP contribution in [0.4, 0.5) is 0 Å². The molecule has 0 unspecified atom stereocenters. The molecule has 1 aliphatic heterocycles. The third-order valence-corrected chi connectivity index (χ3v) is 5.17. The number of nitrogens with zero attached hydrogens (tertiary/aromatic N) is 2. The van der Waals surface area contributed by atoms with Gasteiger partial charge in [-0.3, -0.25) is 14.5 Å². The largest absolute Gasteiger partial charge is 0.483 e. The summed E-state index contributed by atoms with van der Waals surface area (Å²) in [5.74, 6) is -0.169.